The third-order valence-electron chi connectivity index (χ3n) is 3.27. The minimum Gasteiger partial charge on any atom is -0.391 e. The van der Waals surface area contributed by atoms with Gasteiger partial charge >= 0.3 is 0 Å². The Kier molecular flexibility index (Phi) is 3.92. The predicted octanol–water partition coefficient (Wildman–Crippen LogP) is 0.734. The first-order chi connectivity index (χ1) is 9.31. The van der Waals surface area contributed by atoms with Crippen molar-refractivity contribution in [1.29, 1.82) is 0 Å². The van der Waals surface area contributed by atoms with Crippen molar-refractivity contribution in [2.75, 3.05) is 0 Å². The van der Waals surface area contributed by atoms with Crippen molar-refractivity contribution in [3.05, 3.63) is 28.1 Å². The molecule has 1 unspecified atom stereocenters. The summed E-state index contributed by atoms with van der Waals surface area (Å²) in [6.07, 6.45) is 0.677. The highest BCUT2D eigenvalue weighted by molar-refractivity contribution is 7.16. The SMILES string of the molecule is CC(O)C(C)(C)NC(=O)Cn1cnc2sccc2c1=O. The molecule has 0 saturated heterocycles. The summed E-state index contributed by atoms with van der Waals surface area (Å²) in [5.74, 6) is -0.339. The second-order valence-electron chi connectivity index (χ2n) is 5.26. The maximum absolute atomic E-state index is 12.1. The van der Waals surface area contributed by atoms with Crippen LogP contribution in [0.1, 0.15) is 20.8 Å². The molecule has 0 aliphatic heterocycles. The molecule has 0 radical (unpaired) electrons. The van der Waals surface area contributed by atoms with Crippen LogP contribution in [0.2, 0.25) is 0 Å². The van der Waals surface area contributed by atoms with E-state index in [1.165, 1.54) is 22.2 Å². The maximum atomic E-state index is 12.1. The van der Waals surface area contributed by atoms with Gasteiger partial charge < -0.3 is 10.4 Å². The lowest BCUT2D eigenvalue weighted by Crippen LogP contribution is -2.52. The van der Waals surface area contributed by atoms with E-state index in [9.17, 15) is 14.7 Å². The van der Waals surface area contributed by atoms with Gasteiger partial charge in [0.1, 0.15) is 11.4 Å². The molecule has 2 heterocycles. The summed E-state index contributed by atoms with van der Waals surface area (Å²) in [5, 5.41) is 14.6. The van der Waals surface area contributed by atoms with Gasteiger partial charge in [0.2, 0.25) is 5.91 Å². The molecule has 2 aromatic rings. The quantitative estimate of drug-likeness (QED) is 0.871. The summed E-state index contributed by atoms with van der Waals surface area (Å²) in [6, 6.07) is 1.70. The van der Waals surface area contributed by atoms with Gasteiger partial charge in [-0.3, -0.25) is 14.2 Å². The van der Waals surface area contributed by atoms with E-state index in [1.54, 1.807) is 32.2 Å². The lowest BCUT2D eigenvalue weighted by atomic mass is 9.99. The number of hydrogen-bond donors (Lipinski definition) is 2. The zero-order valence-electron chi connectivity index (χ0n) is 11.6. The minimum atomic E-state index is -0.749. The molecule has 0 fully saturated rings. The molecule has 0 aromatic carbocycles. The van der Waals surface area contributed by atoms with Crippen molar-refractivity contribution in [2.24, 2.45) is 0 Å². The van der Waals surface area contributed by atoms with Gasteiger partial charge in [0.25, 0.3) is 5.56 Å². The molecule has 0 spiro atoms. The van der Waals surface area contributed by atoms with Crippen molar-refractivity contribution in [3.63, 3.8) is 0 Å². The number of fused-ring (bicyclic) bond motifs is 1. The molecule has 1 amide bonds. The summed E-state index contributed by atoms with van der Waals surface area (Å²) >= 11 is 1.38. The van der Waals surface area contributed by atoms with Crippen LogP contribution >= 0.6 is 11.3 Å². The second kappa shape index (κ2) is 5.34. The van der Waals surface area contributed by atoms with Gasteiger partial charge in [-0.15, -0.1) is 11.3 Å². The Morgan fingerprint density at radius 1 is 1.60 bits per heavy atom. The second-order valence-corrected chi connectivity index (χ2v) is 6.16. The van der Waals surface area contributed by atoms with Crippen molar-refractivity contribution in [1.82, 2.24) is 14.9 Å². The van der Waals surface area contributed by atoms with Crippen molar-refractivity contribution in [2.45, 2.75) is 39.0 Å². The Morgan fingerprint density at radius 3 is 2.95 bits per heavy atom. The Morgan fingerprint density at radius 2 is 2.30 bits per heavy atom. The van der Waals surface area contributed by atoms with E-state index in [1.807, 2.05) is 0 Å². The van der Waals surface area contributed by atoms with Crippen LogP contribution in [0.3, 0.4) is 0 Å². The van der Waals surface area contributed by atoms with Crippen LogP contribution in [0.25, 0.3) is 10.2 Å². The molecule has 1 atom stereocenters. The van der Waals surface area contributed by atoms with Gasteiger partial charge in [-0.1, -0.05) is 0 Å². The lowest BCUT2D eigenvalue weighted by molar-refractivity contribution is -0.124. The number of nitrogens with one attached hydrogen (secondary N) is 1. The number of amides is 1. The molecule has 20 heavy (non-hydrogen) atoms. The zero-order chi connectivity index (χ0) is 14.9. The van der Waals surface area contributed by atoms with Crippen LogP contribution < -0.4 is 10.9 Å². The molecular weight excluding hydrogens is 278 g/mol. The fourth-order valence-electron chi connectivity index (χ4n) is 1.66. The molecule has 0 bridgehead atoms. The number of aliphatic hydroxyl groups excluding tert-OH is 1. The van der Waals surface area contributed by atoms with Crippen molar-refractivity contribution >= 4 is 27.5 Å². The Balaban J connectivity index is 2.18. The molecule has 2 rings (SSSR count). The topological polar surface area (TPSA) is 84.2 Å². The van der Waals surface area contributed by atoms with Gasteiger partial charge in [0, 0.05) is 0 Å². The van der Waals surface area contributed by atoms with E-state index < -0.39 is 11.6 Å². The van der Waals surface area contributed by atoms with Gasteiger partial charge in [-0.25, -0.2) is 4.98 Å². The standard InChI is InChI=1S/C13H17N3O3S/c1-8(17)13(2,3)15-10(18)6-16-7-14-11-9(12(16)19)4-5-20-11/h4-5,7-8,17H,6H2,1-3H3,(H,15,18). The number of rotatable bonds is 4. The Labute approximate surface area is 120 Å². The van der Waals surface area contributed by atoms with E-state index in [0.717, 1.165) is 0 Å². The van der Waals surface area contributed by atoms with Gasteiger partial charge in [0.05, 0.1) is 23.4 Å². The first-order valence-corrected chi connectivity index (χ1v) is 7.11. The maximum Gasteiger partial charge on any atom is 0.262 e. The van der Waals surface area contributed by atoms with Gasteiger partial charge in [-0.2, -0.15) is 0 Å². The smallest absolute Gasteiger partial charge is 0.262 e. The molecule has 108 valence electrons. The van der Waals surface area contributed by atoms with Gasteiger partial charge in [0.15, 0.2) is 0 Å². The number of hydrogen-bond acceptors (Lipinski definition) is 5. The van der Waals surface area contributed by atoms with E-state index >= 15 is 0 Å². The summed E-state index contributed by atoms with van der Waals surface area (Å²) in [4.78, 5) is 28.9. The summed E-state index contributed by atoms with van der Waals surface area (Å²) in [7, 11) is 0. The number of thiophene rings is 1. The molecule has 2 aromatic heterocycles. The third kappa shape index (κ3) is 2.88. The summed E-state index contributed by atoms with van der Waals surface area (Å²) in [6.45, 7) is 4.93. The average Bonchev–Trinajstić information content (AvgIpc) is 2.81. The van der Waals surface area contributed by atoms with Crippen LogP contribution in [0, 0.1) is 0 Å². The van der Waals surface area contributed by atoms with Crippen molar-refractivity contribution in [3.8, 4) is 0 Å². The number of carbonyl (C=O) groups excluding carboxylic acids is 1. The lowest BCUT2D eigenvalue weighted by Gasteiger charge is -2.29. The van der Waals surface area contributed by atoms with Crippen molar-refractivity contribution < 1.29 is 9.90 Å². The average molecular weight is 295 g/mol. The number of nitrogens with zero attached hydrogens (tertiary/aromatic N) is 2. The number of carbonyl (C=O) groups is 1. The van der Waals surface area contributed by atoms with Crippen LogP contribution in [-0.4, -0.2) is 32.2 Å². The summed E-state index contributed by atoms with van der Waals surface area (Å²) in [5.41, 5.74) is -0.984. The predicted molar refractivity (Wildman–Crippen MR) is 77.8 cm³/mol. The molecule has 7 heteroatoms. The normalized spacial score (nSPS) is 13.4. The highest BCUT2D eigenvalue weighted by atomic mass is 32.1. The zero-order valence-corrected chi connectivity index (χ0v) is 12.4. The highest BCUT2D eigenvalue weighted by Crippen LogP contribution is 2.13. The monoisotopic (exact) mass is 295 g/mol. The molecule has 2 N–H and O–H groups in total. The van der Waals surface area contributed by atoms with E-state index in [0.29, 0.717) is 10.2 Å². The molecular formula is C13H17N3O3S. The fourth-order valence-corrected chi connectivity index (χ4v) is 2.39. The molecule has 6 nitrogen and oxygen atoms in total. The molecule has 0 aliphatic carbocycles. The van der Waals surface area contributed by atoms with Crippen LogP contribution in [-0.2, 0) is 11.3 Å². The highest BCUT2D eigenvalue weighted by Gasteiger charge is 2.26. The van der Waals surface area contributed by atoms with E-state index in [4.69, 9.17) is 0 Å². The molecule has 0 aliphatic rings. The fraction of sp³-hybridized carbons (Fsp3) is 0.462. The van der Waals surface area contributed by atoms with Gasteiger partial charge in [-0.05, 0) is 32.2 Å². The van der Waals surface area contributed by atoms with Crippen LogP contribution in [0.4, 0.5) is 0 Å². The third-order valence-corrected chi connectivity index (χ3v) is 4.09. The van der Waals surface area contributed by atoms with Crippen LogP contribution in [0.15, 0.2) is 22.6 Å². The van der Waals surface area contributed by atoms with E-state index in [2.05, 4.69) is 10.3 Å². The Bertz CT molecular complexity index is 687. The van der Waals surface area contributed by atoms with E-state index in [-0.39, 0.29) is 18.0 Å². The Hall–Kier alpha value is -1.73. The first-order valence-electron chi connectivity index (χ1n) is 6.23. The number of aliphatic hydroxyl groups is 1. The molecule has 0 saturated carbocycles. The minimum absolute atomic E-state index is 0.117. The summed E-state index contributed by atoms with van der Waals surface area (Å²) < 4.78 is 1.27. The van der Waals surface area contributed by atoms with Crippen LogP contribution in [0.5, 0.6) is 0 Å². The largest absolute Gasteiger partial charge is 0.391 e. The first kappa shape index (κ1) is 14.7. The number of aromatic nitrogens is 2.